The van der Waals surface area contributed by atoms with Gasteiger partial charge in [-0.3, -0.25) is 0 Å². The maximum absolute atomic E-state index is 8.25. The zero-order chi connectivity index (χ0) is 6.28. The second-order valence-electron chi connectivity index (χ2n) is 0.413. The molecule has 0 aliphatic heterocycles. The first-order valence-electron chi connectivity index (χ1n) is 1.31. The first kappa shape index (κ1) is 9.81. The van der Waals surface area contributed by atoms with Crippen molar-refractivity contribution >= 4 is 15.9 Å². The molecule has 0 saturated heterocycles. The number of hydrogen-bond acceptors (Lipinski definition) is 3. The molecule has 44 valence electrons. The molecule has 0 rings (SSSR count). The van der Waals surface area contributed by atoms with Crippen LogP contribution in [0.4, 0.5) is 0 Å². The minimum absolute atomic E-state index is 0.812. The Morgan fingerprint density at radius 2 is 1.71 bits per heavy atom. The highest BCUT2D eigenvalue weighted by atomic mass is 79.9. The Hall–Kier alpha value is -0.360. The number of alkyl halides is 1. The molecule has 0 aliphatic carbocycles. The highest BCUT2D eigenvalue weighted by Gasteiger charge is 1.45. The van der Waals surface area contributed by atoms with Crippen LogP contribution in [0.2, 0.25) is 0 Å². The first-order chi connectivity index (χ1) is 3.15. The van der Waals surface area contributed by atoms with E-state index in [1.807, 2.05) is 0 Å². The summed E-state index contributed by atoms with van der Waals surface area (Å²) in [5.41, 5.74) is 4.22. The largest absolute Gasteiger partial charge is 0.356 e. The normalized spacial score (nSPS) is 6.00. The van der Waals surface area contributed by atoms with Gasteiger partial charge < -0.3 is 21.1 Å². The molecule has 0 aliphatic rings. The summed E-state index contributed by atoms with van der Waals surface area (Å²) in [7, 11) is 0. The second-order valence-corrected chi connectivity index (χ2v) is 1.21. The molecule has 0 heterocycles. The molecular weight excluding hydrogens is 168 g/mol. The highest BCUT2D eigenvalue weighted by molar-refractivity contribution is 9.09. The van der Waals surface area contributed by atoms with Crippen molar-refractivity contribution in [3.05, 3.63) is 15.3 Å². The van der Waals surface area contributed by atoms with Gasteiger partial charge in [0, 0.05) is 0 Å². The molecule has 0 radical (unpaired) electrons. The monoisotopic (exact) mass is 172 g/mol. The minimum Gasteiger partial charge on any atom is -0.356 e. The zero-order valence-corrected chi connectivity index (χ0v) is 5.05. The smallest absolute Gasteiger partial charge is 0.129 e. The van der Waals surface area contributed by atoms with E-state index in [0.29, 0.717) is 0 Å². The van der Waals surface area contributed by atoms with Gasteiger partial charge in [-0.25, -0.2) is 0 Å². The number of nitrogens with zero attached hydrogens (tertiary/aromatic N) is 1. The van der Waals surface area contributed by atoms with E-state index in [9.17, 15) is 0 Å². The predicted octanol–water partition coefficient (Wildman–Crippen LogP) is -0.658. The van der Waals surface area contributed by atoms with E-state index in [-0.39, 0.29) is 0 Å². The third-order valence-electron chi connectivity index (χ3n) is 0. The topological polar surface area (TPSA) is 93.8 Å². The van der Waals surface area contributed by atoms with Crippen LogP contribution in [0.25, 0.3) is 0 Å². The zero-order valence-electron chi connectivity index (χ0n) is 3.46. The molecule has 6 heteroatoms. The Morgan fingerprint density at radius 3 is 1.71 bits per heavy atom. The molecule has 0 aromatic rings. The lowest BCUT2D eigenvalue weighted by Gasteiger charge is -1.74. The lowest BCUT2D eigenvalue weighted by atomic mass is 11.6. The van der Waals surface area contributed by atoms with Crippen LogP contribution < -0.4 is 5.73 Å². The summed E-state index contributed by atoms with van der Waals surface area (Å²) < 4.78 is 0. The van der Waals surface area contributed by atoms with Crippen LogP contribution >= 0.6 is 15.9 Å². The van der Waals surface area contributed by atoms with Crippen molar-refractivity contribution in [3.63, 3.8) is 0 Å². The van der Waals surface area contributed by atoms with E-state index in [1.165, 1.54) is 0 Å². The Kier molecular flexibility index (Phi) is 12.8. The number of hydrogen-bond donors (Lipinski definition) is 1. The lowest BCUT2D eigenvalue weighted by molar-refractivity contribution is -0.402. The first-order valence-corrected chi connectivity index (χ1v) is 2.44. The summed E-state index contributed by atoms with van der Waals surface area (Å²) in [6, 6.07) is 0. The third kappa shape index (κ3) is 577. The van der Waals surface area contributed by atoms with E-state index in [0.717, 1.165) is 5.45 Å². The van der Waals surface area contributed by atoms with Gasteiger partial charge in [0.1, 0.15) is 5.45 Å². The fraction of sp³-hybridized carbons (Fsp3) is 1.00. The number of rotatable bonds is 0. The van der Waals surface area contributed by atoms with Gasteiger partial charge in [0.25, 0.3) is 0 Å². The van der Waals surface area contributed by atoms with E-state index in [1.54, 1.807) is 0 Å². The van der Waals surface area contributed by atoms with Crippen LogP contribution in [-0.4, -0.2) is 10.5 Å². The lowest BCUT2D eigenvalue weighted by Crippen LogP contribution is -2.46. The average molecular weight is 173 g/mol. The molecule has 0 aromatic heterocycles. The Labute approximate surface area is 48.4 Å². The summed E-state index contributed by atoms with van der Waals surface area (Å²) in [4.78, 5) is 8.25. The molecular formula is CH5BrN2O3. The molecule has 0 unspecified atom stereocenters. The standard InChI is InChI=1S/CH4BrN.NO3/c2-1-3;2-1(3)4/h1,3H2;/q;-1/p+1. The Morgan fingerprint density at radius 1 is 1.71 bits per heavy atom. The molecule has 3 N–H and O–H groups in total. The van der Waals surface area contributed by atoms with E-state index >= 15 is 0 Å². The minimum atomic E-state index is -1.75. The van der Waals surface area contributed by atoms with Crippen LogP contribution in [0.15, 0.2) is 0 Å². The summed E-state index contributed by atoms with van der Waals surface area (Å²) in [6.45, 7) is 0. The number of halogens is 1. The molecule has 0 aromatic carbocycles. The SMILES string of the molecule is O=[N+]([O-])[O-].[NH3+]CBr. The van der Waals surface area contributed by atoms with Crippen molar-refractivity contribution in [2.75, 3.05) is 5.45 Å². The van der Waals surface area contributed by atoms with Crippen molar-refractivity contribution in [3.8, 4) is 0 Å². The van der Waals surface area contributed by atoms with Crippen LogP contribution in [0, 0.1) is 15.3 Å². The van der Waals surface area contributed by atoms with Gasteiger partial charge in [-0.05, 0) is 15.9 Å². The summed E-state index contributed by atoms with van der Waals surface area (Å²) in [5.74, 6) is 0. The molecule has 0 atom stereocenters. The van der Waals surface area contributed by atoms with Gasteiger partial charge >= 0.3 is 0 Å². The molecule has 0 spiro atoms. The van der Waals surface area contributed by atoms with Gasteiger partial charge in [-0.1, -0.05) is 0 Å². The Bertz CT molecular complexity index is 44.2. The molecule has 7 heavy (non-hydrogen) atoms. The Balaban J connectivity index is 0. The summed E-state index contributed by atoms with van der Waals surface area (Å²) >= 11 is 3.03. The fourth-order valence-electron chi connectivity index (χ4n) is 0. The predicted molar refractivity (Wildman–Crippen MR) is 27.0 cm³/mol. The van der Waals surface area contributed by atoms with Gasteiger partial charge in [-0.15, -0.1) is 0 Å². The van der Waals surface area contributed by atoms with Crippen LogP contribution in [0.1, 0.15) is 0 Å². The van der Waals surface area contributed by atoms with Crippen molar-refractivity contribution < 1.29 is 10.8 Å². The van der Waals surface area contributed by atoms with Gasteiger partial charge in [0.15, 0.2) is 0 Å². The third-order valence-corrected chi connectivity index (χ3v) is 0. The van der Waals surface area contributed by atoms with E-state index < -0.39 is 5.09 Å². The molecule has 5 nitrogen and oxygen atoms in total. The molecule has 0 bridgehead atoms. The van der Waals surface area contributed by atoms with Crippen molar-refractivity contribution in [2.45, 2.75) is 0 Å². The van der Waals surface area contributed by atoms with Crippen molar-refractivity contribution in [2.24, 2.45) is 0 Å². The summed E-state index contributed by atoms with van der Waals surface area (Å²) in [5, 5.41) is 14.8. The van der Waals surface area contributed by atoms with Gasteiger partial charge in [-0.2, -0.15) is 0 Å². The van der Waals surface area contributed by atoms with Crippen LogP contribution in [-0.2, 0) is 0 Å². The van der Waals surface area contributed by atoms with Crippen LogP contribution in [0.3, 0.4) is 0 Å². The summed E-state index contributed by atoms with van der Waals surface area (Å²) in [6.07, 6.45) is 0. The van der Waals surface area contributed by atoms with Crippen molar-refractivity contribution in [1.29, 1.82) is 0 Å². The molecule has 0 fully saturated rings. The second kappa shape index (κ2) is 9.16. The van der Waals surface area contributed by atoms with Gasteiger partial charge in [0.05, 0.1) is 5.09 Å². The molecule has 0 saturated carbocycles. The van der Waals surface area contributed by atoms with Crippen molar-refractivity contribution in [1.82, 2.24) is 0 Å². The van der Waals surface area contributed by atoms with Crippen LogP contribution in [0.5, 0.6) is 0 Å². The van der Waals surface area contributed by atoms with E-state index in [4.69, 9.17) is 15.3 Å². The highest BCUT2D eigenvalue weighted by Crippen LogP contribution is 1.54. The van der Waals surface area contributed by atoms with Gasteiger partial charge in [0.2, 0.25) is 0 Å². The number of quaternary nitrogens is 1. The maximum Gasteiger partial charge on any atom is 0.129 e. The fourth-order valence-corrected chi connectivity index (χ4v) is 0. The quantitative estimate of drug-likeness (QED) is 0.228. The van der Waals surface area contributed by atoms with E-state index in [2.05, 4.69) is 21.7 Å². The maximum atomic E-state index is 8.25. The molecule has 0 amide bonds. The average Bonchev–Trinajstić information content (AvgIpc) is 1.33.